The molecule has 0 spiro atoms. The van der Waals surface area contributed by atoms with Gasteiger partial charge in [0.25, 0.3) is 0 Å². The number of hydrogen-bond acceptors (Lipinski definition) is 8. The predicted octanol–water partition coefficient (Wildman–Crippen LogP) is 5.21. The van der Waals surface area contributed by atoms with E-state index in [0.29, 0.717) is 15.7 Å². The van der Waals surface area contributed by atoms with Crippen molar-refractivity contribution in [3.63, 3.8) is 0 Å². The number of rotatable bonds is 6. The quantitative estimate of drug-likeness (QED) is 0.403. The Kier molecular flexibility index (Phi) is 6.44. The average molecular weight is 442 g/mol. The zero-order chi connectivity index (χ0) is 20.1. The summed E-state index contributed by atoms with van der Waals surface area (Å²) in [5.41, 5.74) is 2.73. The summed E-state index contributed by atoms with van der Waals surface area (Å²) in [5, 5.41) is 25.3. The van der Waals surface area contributed by atoms with Crippen LogP contribution in [0.3, 0.4) is 0 Å². The first kappa shape index (κ1) is 19.9. The molecule has 1 aliphatic rings. The first-order valence-electron chi connectivity index (χ1n) is 9.36. The van der Waals surface area contributed by atoms with E-state index in [9.17, 15) is 10.1 Å². The van der Waals surface area contributed by atoms with Crippen LogP contribution in [0.25, 0.3) is 0 Å². The lowest BCUT2D eigenvalue weighted by molar-refractivity contribution is -0.113. The number of thiophene rings is 1. The van der Waals surface area contributed by atoms with Gasteiger partial charge >= 0.3 is 0 Å². The molecule has 0 bridgehead atoms. The number of para-hydroxylation sites is 1. The van der Waals surface area contributed by atoms with Crippen molar-refractivity contribution in [3.05, 3.63) is 46.3 Å². The third-order valence-corrected chi connectivity index (χ3v) is 7.72. The highest BCUT2D eigenvalue weighted by Gasteiger charge is 2.21. The summed E-state index contributed by atoms with van der Waals surface area (Å²) in [7, 11) is 0. The number of aromatic nitrogens is 2. The number of carbonyl (C=O) groups excluding carboxylic acids is 1. The molecule has 1 amide bonds. The van der Waals surface area contributed by atoms with Gasteiger partial charge in [0.1, 0.15) is 11.1 Å². The number of nitrogens with one attached hydrogen (secondary N) is 2. The summed E-state index contributed by atoms with van der Waals surface area (Å²) >= 11 is 4.31. The predicted molar refractivity (Wildman–Crippen MR) is 119 cm³/mol. The second-order valence-electron chi connectivity index (χ2n) is 6.58. The summed E-state index contributed by atoms with van der Waals surface area (Å²) in [6, 6.07) is 12.1. The number of amides is 1. The van der Waals surface area contributed by atoms with Gasteiger partial charge in [-0.3, -0.25) is 4.79 Å². The smallest absolute Gasteiger partial charge is 0.235 e. The van der Waals surface area contributed by atoms with Gasteiger partial charge in [-0.1, -0.05) is 47.7 Å². The van der Waals surface area contributed by atoms with E-state index in [-0.39, 0.29) is 11.7 Å². The molecule has 1 aromatic carbocycles. The van der Waals surface area contributed by atoms with Crippen LogP contribution in [0.5, 0.6) is 0 Å². The second-order valence-corrected chi connectivity index (χ2v) is 9.89. The Morgan fingerprint density at radius 1 is 1.14 bits per heavy atom. The summed E-state index contributed by atoms with van der Waals surface area (Å²) in [6.45, 7) is 0. The summed E-state index contributed by atoms with van der Waals surface area (Å²) in [4.78, 5) is 13.7. The second kappa shape index (κ2) is 9.39. The van der Waals surface area contributed by atoms with E-state index in [4.69, 9.17) is 0 Å². The van der Waals surface area contributed by atoms with Crippen molar-refractivity contribution in [1.29, 1.82) is 5.26 Å². The highest BCUT2D eigenvalue weighted by molar-refractivity contribution is 8.01. The molecular formula is C20H19N5OS3. The van der Waals surface area contributed by atoms with Crippen LogP contribution in [-0.4, -0.2) is 21.9 Å². The summed E-state index contributed by atoms with van der Waals surface area (Å²) < 4.78 is 0.723. The van der Waals surface area contributed by atoms with E-state index in [1.165, 1.54) is 34.4 Å². The number of thioether (sulfide) groups is 1. The Morgan fingerprint density at radius 3 is 2.79 bits per heavy atom. The van der Waals surface area contributed by atoms with Gasteiger partial charge < -0.3 is 10.6 Å². The largest absolute Gasteiger partial charge is 0.330 e. The number of aryl methyl sites for hydroxylation is 1. The summed E-state index contributed by atoms with van der Waals surface area (Å²) in [6.07, 6.45) is 5.40. The minimum Gasteiger partial charge on any atom is -0.330 e. The molecule has 1 aliphatic carbocycles. The minimum absolute atomic E-state index is 0.129. The Balaban J connectivity index is 1.35. The molecule has 0 saturated carbocycles. The van der Waals surface area contributed by atoms with Crippen molar-refractivity contribution in [2.45, 2.75) is 36.4 Å². The lowest BCUT2D eigenvalue weighted by Crippen LogP contribution is -2.13. The molecule has 0 atom stereocenters. The van der Waals surface area contributed by atoms with Gasteiger partial charge in [0.2, 0.25) is 11.0 Å². The molecule has 0 aliphatic heterocycles. The zero-order valence-electron chi connectivity index (χ0n) is 15.6. The highest BCUT2D eigenvalue weighted by Crippen LogP contribution is 2.37. The van der Waals surface area contributed by atoms with Crippen LogP contribution in [0.4, 0.5) is 15.8 Å². The van der Waals surface area contributed by atoms with Gasteiger partial charge in [0.05, 0.1) is 11.3 Å². The third-order valence-electron chi connectivity index (χ3n) is 4.54. The molecule has 3 aromatic rings. The van der Waals surface area contributed by atoms with E-state index in [2.05, 4.69) is 26.9 Å². The molecule has 148 valence electrons. The monoisotopic (exact) mass is 441 g/mol. The van der Waals surface area contributed by atoms with Crippen LogP contribution in [0.2, 0.25) is 0 Å². The maximum absolute atomic E-state index is 12.4. The zero-order valence-corrected chi connectivity index (χ0v) is 18.1. The SMILES string of the molecule is N#Cc1c(NC(=O)CSc2nnc(Nc3ccccc3)s2)sc2c1CCCCC2. The minimum atomic E-state index is -0.129. The molecule has 2 N–H and O–H groups in total. The van der Waals surface area contributed by atoms with Crippen LogP contribution >= 0.6 is 34.4 Å². The normalized spacial score (nSPS) is 13.2. The number of nitrogens with zero attached hydrogens (tertiary/aromatic N) is 3. The topological polar surface area (TPSA) is 90.7 Å². The van der Waals surface area contributed by atoms with Gasteiger partial charge in [-0.25, -0.2) is 0 Å². The first-order chi connectivity index (χ1) is 14.2. The van der Waals surface area contributed by atoms with Crippen molar-refractivity contribution in [1.82, 2.24) is 10.2 Å². The number of benzene rings is 1. The third kappa shape index (κ3) is 4.96. The molecule has 0 unspecified atom stereocenters. The lowest BCUT2D eigenvalue weighted by Gasteiger charge is -2.03. The maximum atomic E-state index is 12.4. The van der Waals surface area contributed by atoms with E-state index >= 15 is 0 Å². The van der Waals surface area contributed by atoms with Crippen LogP contribution in [-0.2, 0) is 17.6 Å². The van der Waals surface area contributed by atoms with Gasteiger partial charge in [0.15, 0.2) is 4.34 Å². The van der Waals surface area contributed by atoms with Crippen LogP contribution in [0.15, 0.2) is 34.7 Å². The molecule has 0 radical (unpaired) electrons. The molecule has 6 nitrogen and oxygen atoms in total. The Morgan fingerprint density at radius 2 is 1.97 bits per heavy atom. The van der Waals surface area contributed by atoms with Gasteiger partial charge in [-0.2, -0.15) is 5.26 Å². The van der Waals surface area contributed by atoms with Crippen LogP contribution in [0.1, 0.15) is 35.3 Å². The molecule has 0 saturated heterocycles. The summed E-state index contributed by atoms with van der Waals surface area (Å²) in [5.74, 6) is 0.101. The van der Waals surface area contributed by atoms with E-state index in [1.54, 1.807) is 11.3 Å². The maximum Gasteiger partial charge on any atom is 0.235 e. The molecule has 9 heteroatoms. The fraction of sp³-hybridized carbons (Fsp3) is 0.300. The number of fused-ring (bicyclic) bond motifs is 1. The lowest BCUT2D eigenvalue weighted by atomic mass is 10.1. The van der Waals surface area contributed by atoms with Gasteiger partial charge in [-0.15, -0.1) is 21.5 Å². The standard InChI is InChI=1S/C20H19N5OS3/c21-11-15-14-9-5-2-6-10-16(14)28-18(15)23-17(26)12-27-20-25-24-19(29-20)22-13-7-3-1-4-8-13/h1,3-4,7-8H,2,5-6,9-10,12H2,(H,22,24)(H,23,26). The van der Waals surface area contributed by atoms with Crippen molar-refractivity contribution in [2.75, 3.05) is 16.4 Å². The van der Waals surface area contributed by atoms with Crippen LogP contribution < -0.4 is 10.6 Å². The van der Waals surface area contributed by atoms with E-state index in [1.807, 2.05) is 30.3 Å². The number of hydrogen-bond donors (Lipinski definition) is 2. The van der Waals surface area contributed by atoms with E-state index in [0.717, 1.165) is 41.3 Å². The molecule has 2 heterocycles. The number of anilines is 3. The molecule has 2 aromatic heterocycles. The molecule has 0 fully saturated rings. The molecule has 4 rings (SSSR count). The Hall–Kier alpha value is -2.41. The fourth-order valence-electron chi connectivity index (χ4n) is 3.20. The van der Waals surface area contributed by atoms with Crippen molar-refractivity contribution >= 4 is 56.2 Å². The van der Waals surface area contributed by atoms with Gasteiger partial charge in [-0.05, 0) is 43.4 Å². The van der Waals surface area contributed by atoms with Crippen molar-refractivity contribution < 1.29 is 4.79 Å². The average Bonchev–Trinajstić information content (AvgIpc) is 3.23. The first-order valence-corrected chi connectivity index (χ1v) is 12.0. The number of nitriles is 1. The molecular weight excluding hydrogens is 422 g/mol. The van der Waals surface area contributed by atoms with Crippen molar-refractivity contribution in [3.8, 4) is 6.07 Å². The highest BCUT2D eigenvalue weighted by atomic mass is 32.2. The van der Waals surface area contributed by atoms with Gasteiger partial charge in [0, 0.05) is 10.6 Å². The molecule has 29 heavy (non-hydrogen) atoms. The van der Waals surface area contributed by atoms with Crippen LogP contribution in [0, 0.1) is 11.3 Å². The number of carbonyl (C=O) groups is 1. The Labute approximate surface area is 181 Å². The van der Waals surface area contributed by atoms with Crippen molar-refractivity contribution in [2.24, 2.45) is 0 Å². The van der Waals surface area contributed by atoms with E-state index < -0.39 is 0 Å². The Bertz CT molecular complexity index is 1040. The fourth-order valence-corrected chi connectivity index (χ4v) is 6.03.